The fourth-order valence-electron chi connectivity index (χ4n) is 2.01. The number of hydrogen-bond acceptors (Lipinski definition) is 2. The molecular weight excluding hydrogens is 236 g/mol. The number of halogens is 1. The van der Waals surface area contributed by atoms with Crippen LogP contribution in [0.3, 0.4) is 0 Å². The van der Waals surface area contributed by atoms with E-state index in [9.17, 15) is 4.79 Å². The smallest absolute Gasteiger partial charge is 0.241 e. The maximum atomic E-state index is 11.8. The van der Waals surface area contributed by atoms with Gasteiger partial charge >= 0.3 is 0 Å². The molecule has 1 aliphatic rings. The predicted octanol–water partition coefficient (Wildman–Crippen LogP) is 2.36. The molecule has 0 aliphatic carbocycles. The number of benzene rings is 1. The van der Waals surface area contributed by atoms with Gasteiger partial charge in [0.1, 0.15) is 0 Å². The van der Waals surface area contributed by atoms with Gasteiger partial charge in [-0.3, -0.25) is 4.79 Å². The monoisotopic (exact) mass is 254 g/mol. The number of aryl methyl sites for hydroxylation is 1. The highest BCUT2D eigenvalue weighted by atomic mass is 35.5. The minimum absolute atomic E-state index is 0. The Kier molecular flexibility index (Phi) is 5.45. The summed E-state index contributed by atoms with van der Waals surface area (Å²) in [6.45, 7) is 3.06. The van der Waals surface area contributed by atoms with Crippen LogP contribution in [0.25, 0.3) is 0 Å². The van der Waals surface area contributed by atoms with Gasteiger partial charge in [-0.2, -0.15) is 0 Å². The fourth-order valence-corrected chi connectivity index (χ4v) is 2.01. The standard InChI is InChI=1S/C13H18N2O.ClH/c1-2-10-5-3-6-11(9-10)15-13(16)12-7-4-8-14-12;/h3,5-6,9,12,14H,2,4,7-8H2,1H3,(H,15,16);1H/t12-;/m0./s1. The van der Waals surface area contributed by atoms with Gasteiger partial charge < -0.3 is 10.6 Å². The largest absolute Gasteiger partial charge is 0.325 e. The molecule has 0 unspecified atom stereocenters. The first kappa shape index (κ1) is 14.0. The van der Waals surface area contributed by atoms with E-state index in [0.29, 0.717) is 0 Å². The summed E-state index contributed by atoms with van der Waals surface area (Å²) < 4.78 is 0. The molecule has 2 N–H and O–H groups in total. The highest BCUT2D eigenvalue weighted by molar-refractivity contribution is 5.95. The van der Waals surface area contributed by atoms with Gasteiger partial charge in [0.2, 0.25) is 5.91 Å². The van der Waals surface area contributed by atoms with Crippen molar-refractivity contribution in [3.8, 4) is 0 Å². The van der Waals surface area contributed by atoms with Gasteiger partial charge in [-0.05, 0) is 43.5 Å². The lowest BCUT2D eigenvalue weighted by molar-refractivity contribution is -0.117. The van der Waals surface area contributed by atoms with Gasteiger partial charge in [0.05, 0.1) is 6.04 Å². The molecule has 3 nitrogen and oxygen atoms in total. The summed E-state index contributed by atoms with van der Waals surface area (Å²) in [5.41, 5.74) is 2.15. The minimum Gasteiger partial charge on any atom is -0.325 e. The number of anilines is 1. The number of carbonyl (C=O) groups is 1. The van der Waals surface area contributed by atoms with Crippen molar-refractivity contribution in [2.24, 2.45) is 0 Å². The first-order valence-electron chi connectivity index (χ1n) is 5.93. The minimum atomic E-state index is -0.00900. The zero-order valence-corrected chi connectivity index (χ0v) is 10.8. The van der Waals surface area contributed by atoms with E-state index in [1.54, 1.807) is 0 Å². The van der Waals surface area contributed by atoms with Gasteiger partial charge in [0.25, 0.3) is 0 Å². The Morgan fingerprint density at radius 2 is 2.35 bits per heavy atom. The number of hydrogen-bond donors (Lipinski definition) is 2. The summed E-state index contributed by atoms with van der Waals surface area (Å²) in [5.74, 6) is 0.0887. The maximum absolute atomic E-state index is 11.8. The third-order valence-corrected chi connectivity index (χ3v) is 2.98. The third kappa shape index (κ3) is 3.72. The molecule has 1 aliphatic heterocycles. The van der Waals surface area contributed by atoms with Gasteiger partial charge in [-0.1, -0.05) is 19.1 Å². The van der Waals surface area contributed by atoms with E-state index in [-0.39, 0.29) is 24.4 Å². The van der Waals surface area contributed by atoms with E-state index in [4.69, 9.17) is 0 Å². The zero-order chi connectivity index (χ0) is 11.4. The Hall–Kier alpha value is -1.06. The highest BCUT2D eigenvalue weighted by Crippen LogP contribution is 2.13. The van der Waals surface area contributed by atoms with Gasteiger partial charge in [0, 0.05) is 5.69 Å². The van der Waals surface area contributed by atoms with Crippen molar-refractivity contribution in [1.29, 1.82) is 0 Å². The van der Waals surface area contributed by atoms with Gasteiger partial charge in [-0.25, -0.2) is 0 Å². The molecule has 0 bridgehead atoms. The fraction of sp³-hybridized carbons (Fsp3) is 0.462. The number of nitrogens with one attached hydrogen (secondary N) is 2. The average Bonchev–Trinajstić information content (AvgIpc) is 2.83. The van der Waals surface area contributed by atoms with Crippen molar-refractivity contribution in [1.82, 2.24) is 5.32 Å². The summed E-state index contributed by atoms with van der Waals surface area (Å²) in [7, 11) is 0. The van der Waals surface area contributed by atoms with Crippen molar-refractivity contribution in [2.75, 3.05) is 11.9 Å². The second kappa shape index (κ2) is 6.62. The molecule has 17 heavy (non-hydrogen) atoms. The van der Waals surface area contributed by atoms with Crippen molar-refractivity contribution < 1.29 is 4.79 Å². The molecule has 1 atom stereocenters. The molecule has 0 spiro atoms. The van der Waals surface area contributed by atoms with Crippen molar-refractivity contribution >= 4 is 24.0 Å². The van der Waals surface area contributed by atoms with E-state index in [1.807, 2.05) is 18.2 Å². The predicted molar refractivity (Wildman–Crippen MR) is 72.7 cm³/mol. The second-order valence-corrected chi connectivity index (χ2v) is 4.19. The molecule has 94 valence electrons. The molecule has 1 heterocycles. The van der Waals surface area contributed by atoms with Crippen LogP contribution in [-0.2, 0) is 11.2 Å². The highest BCUT2D eigenvalue weighted by Gasteiger charge is 2.21. The molecule has 2 rings (SSSR count). The van der Waals surface area contributed by atoms with Crippen LogP contribution in [0.5, 0.6) is 0 Å². The topological polar surface area (TPSA) is 41.1 Å². The first-order valence-corrected chi connectivity index (χ1v) is 5.93. The average molecular weight is 255 g/mol. The van der Waals surface area contributed by atoms with Crippen LogP contribution >= 0.6 is 12.4 Å². The molecule has 0 radical (unpaired) electrons. The lowest BCUT2D eigenvalue weighted by Gasteiger charge is -2.11. The Bertz CT molecular complexity index is 375. The normalized spacial score (nSPS) is 18.5. The zero-order valence-electron chi connectivity index (χ0n) is 10.0. The van der Waals surface area contributed by atoms with Crippen molar-refractivity contribution in [2.45, 2.75) is 32.2 Å². The summed E-state index contributed by atoms with van der Waals surface area (Å²) in [5, 5.41) is 6.15. The van der Waals surface area contributed by atoms with Crippen LogP contribution in [0.4, 0.5) is 5.69 Å². The lowest BCUT2D eigenvalue weighted by Crippen LogP contribution is -2.35. The quantitative estimate of drug-likeness (QED) is 0.870. The molecule has 0 saturated carbocycles. The Morgan fingerprint density at radius 3 is 3.00 bits per heavy atom. The van der Waals surface area contributed by atoms with E-state index in [0.717, 1.165) is 31.5 Å². The molecule has 1 amide bonds. The molecule has 4 heteroatoms. The van der Waals surface area contributed by atoms with Gasteiger partial charge in [0.15, 0.2) is 0 Å². The maximum Gasteiger partial charge on any atom is 0.241 e. The van der Waals surface area contributed by atoms with Crippen LogP contribution < -0.4 is 10.6 Å². The van der Waals surface area contributed by atoms with Gasteiger partial charge in [-0.15, -0.1) is 12.4 Å². The van der Waals surface area contributed by atoms with Crippen molar-refractivity contribution in [3.05, 3.63) is 29.8 Å². The van der Waals surface area contributed by atoms with Crippen LogP contribution in [0.2, 0.25) is 0 Å². The van der Waals surface area contributed by atoms with E-state index in [2.05, 4.69) is 23.6 Å². The Morgan fingerprint density at radius 1 is 1.53 bits per heavy atom. The van der Waals surface area contributed by atoms with Crippen LogP contribution in [0.1, 0.15) is 25.3 Å². The molecule has 1 saturated heterocycles. The van der Waals surface area contributed by atoms with E-state index in [1.165, 1.54) is 5.56 Å². The Labute approximate surface area is 108 Å². The van der Waals surface area contributed by atoms with Crippen LogP contribution in [0, 0.1) is 0 Å². The SMILES string of the molecule is CCc1cccc(NC(=O)[C@@H]2CCCN2)c1.Cl. The number of rotatable bonds is 3. The first-order chi connectivity index (χ1) is 7.79. The molecule has 0 aromatic heterocycles. The number of amides is 1. The van der Waals surface area contributed by atoms with E-state index < -0.39 is 0 Å². The summed E-state index contributed by atoms with van der Waals surface area (Å²) >= 11 is 0. The summed E-state index contributed by atoms with van der Waals surface area (Å²) in [4.78, 5) is 11.8. The molecule has 1 aromatic rings. The van der Waals surface area contributed by atoms with Crippen LogP contribution in [-0.4, -0.2) is 18.5 Å². The molecule has 1 aromatic carbocycles. The lowest BCUT2D eigenvalue weighted by atomic mass is 10.1. The summed E-state index contributed by atoms with van der Waals surface area (Å²) in [6, 6.07) is 8.02. The van der Waals surface area contributed by atoms with Crippen molar-refractivity contribution in [3.63, 3.8) is 0 Å². The van der Waals surface area contributed by atoms with Crippen LogP contribution in [0.15, 0.2) is 24.3 Å². The van der Waals surface area contributed by atoms with E-state index >= 15 is 0 Å². The third-order valence-electron chi connectivity index (χ3n) is 2.98. The Balaban J connectivity index is 0.00000144. The number of carbonyl (C=O) groups excluding carboxylic acids is 1. The molecule has 1 fully saturated rings. The summed E-state index contributed by atoms with van der Waals surface area (Å²) in [6.07, 6.45) is 3.03. The molecular formula is C13H19ClN2O. The second-order valence-electron chi connectivity index (χ2n) is 4.19.